The molecule has 0 amide bonds. The summed E-state index contributed by atoms with van der Waals surface area (Å²) in [7, 11) is 0. The molecule has 5 nitrogen and oxygen atoms in total. The van der Waals surface area contributed by atoms with Crippen LogP contribution in [0.5, 0.6) is 0 Å². The third kappa shape index (κ3) is 3.59. The Hall–Kier alpha value is -2.38. The van der Waals surface area contributed by atoms with Crippen molar-refractivity contribution in [3.8, 4) is 22.2 Å². The molecule has 0 N–H and O–H groups in total. The van der Waals surface area contributed by atoms with Crippen molar-refractivity contribution in [3.05, 3.63) is 59.8 Å². The van der Waals surface area contributed by atoms with Crippen molar-refractivity contribution in [1.82, 2.24) is 19.7 Å². The largest absolute Gasteiger partial charge is 0.461 e. The Bertz CT molecular complexity index is 961. The van der Waals surface area contributed by atoms with E-state index in [1.54, 1.807) is 29.4 Å². The second-order valence-corrected chi connectivity index (χ2v) is 7.53. The molecule has 0 saturated carbocycles. The third-order valence-electron chi connectivity index (χ3n) is 3.83. The predicted molar refractivity (Wildman–Crippen MR) is 105 cm³/mol. The van der Waals surface area contributed by atoms with Gasteiger partial charge in [0.1, 0.15) is 5.01 Å². The van der Waals surface area contributed by atoms with Crippen LogP contribution >= 0.6 is 23.1 Å². The molecule has 0 saturated heterocycles. The lowest BCUT2D eigenvalue weighted by molar-refractivity contribution is 0.559. The zero-order valence-electron chi connectivity index (χ0n) is 14.3. The summed E-state index contributed by atoms with van der Waals surface area (Å²) in [5, 5.41) is 12.7. The maximum Gasteiger partial charge on any atom is 0.200 e. The molecule has 132 valence electrons. The van der Waals surface area contributed by atoms with Crippen LogP contribution in [0.25, 0.3) is 22.2 Å². The van der Waals surface area contributed by atoms with Crippen LogP contribution < -0.4 is 0 Å². The molecule has 0 spiro atoms. The van der Waals surface area contributed by atoms with Gasteiger partial charge in [0.25, 0.3) is 0 Å². The molecule has 26 heavy (non-hydrogen) atoms. The molecule has 0 aliphatic rings. The second kappa shape index (κ2) is 7.88. The standard InChI is InChI=1S/C19H18N4OS2/c1-2-10-23-17(16-9-6-11-24-16)21-22-19(23)26-13-15-12-25-18(20-15)14-7-4-3-5-8-14/h3-9,11-12H,2,10,13H2,1H3. The summed E-state index contributed by atoms with van der Waals surface area (Å²) in [4.78, 5) is 4.75. The van der Waals surface area contributed by atoms with Crippen LogP contribution in [0.15, 0.2) is 63.7 Å². The summed E-state index contributed by atoms with van der Waals surface area (Å²) < 4.78 is 7.61. The Morgan fingerprint density at radius 2 is 2.00 bits per heavy atom. The molecule has 0 atom stereocenters. The van der Waals surface area contributed by atoms with Gasteiger partial charge in [0.2, 0.25) is 0 Å². The molecule has 1 aromatic carbocycles. The number of thiazole rings is 1. The van der Waals surface area contributed by atoms with E-state index in [9.17, 15) is 0 Å². The van der Waals surface area contributed by atoms with Crippen molar-refractivity contribution in [2.24, 2.45) is 0 Å². The van der Waals surface area contributed by atoms with Crippen molar-refractivity contribution in [2.45, 2.75) is 30.8 Å². The number of benzene rings is 1. The molecule has 3 heterocycles. The fraction of sp³-hybridized carbons (Fsp3) is 0.211. The van der Waals surface area contributed by atoms with Gasteiger partial charge in [0.15, 0.2) is 16.7 Å². The van der Waals surface area contributed by atoms with Crippen molar-refractivity contribution in [3.63, 3.8) is 0 Å². The lowest BCUT2D eigenvalue weighted by atomic mass is 10.2. The first-order valence-corrected chi connectivity index (χ1v) is 10.3. The van der Waals surface area contributed by atoms with E-state index in [1.807, 2.05) is 30.3 Å². The first kappa shape index (κ1) is 17.1. The van der Waals surface area contributed by atoms with Crippen LogP contribution in [0.4, 0.5) is 0 Å². The Balaban J connectivity index is 1.51. The summed E-state index contributed by atoms with van der Waals surface area (Å²) in [6.45, 7) is 3.00. The van der Waals surface area contributed by atoms with Gasteiger partial charge in [0, 0.05) is 23.2 Å². The molecule has 0 aliphatic carbocycles. The summed E-state index contributed by atoms with van der Waals surface area (Å²) in [6, 6.07) is 14.0. The molecular formula is C19H18N4OS2. The quantitative estimate of drug-likeness (QED) is 0.403. The van der Waals surface area contributed by atoms with Crippen LogP contribution in [0.1, 0.15) is 19.0 Å². The zero-order chi connectivity index (χ0) is 17.8. The van der Waals surface area contributed by atoms with Crippen LogP contribution in [0.2, 0.25) is 0 Å². The average molecular weight is 383 g/mol. The van der Waals surface area contributed by atoms with Gasteiger partial charge in [-0.15, -0.1) is 21.5 Å². The summed E-state index contributed by atoms with van der Waals surface area (Å²) in [6.07, 6.45) is 2.67. The first-order valence-electron chi connectivity index (χ1n) is 8.45. The minimum absolute atomic E-state index is 0.748. The van der Waals surface area contributed by atoms with Gasteiger partial charge < -0.3 is 4.42 Å². The average Bonchev–Trinajstić information content (AvgIpc) is 3.42. The van der Waals surface area contributed by atoms with E-state index in [4.69, 9.17) is 9.40 Å². The van der Waals surface area contributed by atoms with E-state index >= 15 is 0 Å². The van der Waals surface area contributed by atoms with Gasteiger partial charge in [-0.05, 0) is 18.6 Å². The smallest absolute Gasteiger partial charge is 0.200 e. The lowest BCUT2D eigenvalue weighted by Crippen LogP contribution is -2.01. The normalized spacial score (nSPS) is 11.1. The number of rotatable bonds is 7. The van der Waals surface area contributed by atoms with Gasteiger partial charge in [-0.1, -0.05) is 49.0 Å². The van der Waals surface area contributed by atoms with Crippen molar-refractivity contribution in [1.29, 1.82) is 0 Å². The molecule has 0 fully saturated rings. The Labute approximate surface area is 160 Å². The molecule has 7 heteroatoms. The number of nitrogens with zero attached hydrogens (tertiary/aromatic N) is 4. The SMILES string of the molecule is CCCn1c(SCc2csc(-c3ccccc3)n2)nnc1-c1ccco1. The Morgan fingerprint density at radius 3 is 2.77 bits per heavy atom. The summed E-state index contributed by atoms with van der Waals surface area (Å²) in [5.41, 5.74) is 2.22. The molecule has 4 aromatic rings. The first-order chi connectivity index (χ1) is 12.8. The lowest BCUT2D eigenvalue weighted by Gasteiger charge is -2.06. The third-order valence-corrected chi connectivity index (χ3v) is 5.77. The fourth-order valence-electron chi connectivity index (χ4n) is 2.63. The van der Waals surface area contributed by atoms with Gasteiger partial charge in [-0.25, -0.2) is 4.98 Å². The number of hydrogen-bond donors (Lipinski definition) is 0. The molecule has 0 bridgehead atoms. The molecular weight excluding hydrogens is 364 g/mol. The second-order valence-electron chi connectivity index (χ2n) is 5.73. The van der Waals surface area contributed by atoms with E-state index in [2.05, 4.69) is 39.2 Å². The zero-order valence-corrected chi connectivity index (χ0v) is 16.0. The highest BCUT2D eigenvalue weighted by atomic mass is 32.2. The number of furan rings is 1. The Morgan fingerprint density at radius 1 is 1.12 bits per heavy atom. The number of thioether (sulfide) groups is 1. The molecule has 3 aromatic heterocycles. The number of aromatic nitrogens is 4. The van der Waals surface area contributed by atoms with Gasteiger partial charge in [-0.3, -0.25) is 4.57 Å². The van der Waals surface area contributed by atoms with E-state index in [0.717, 1.165) is 51.7 Å². The molecule has 0 aliphatic heterocycles. The van der Waals surface area contributed by atoms with Crippen LogP contribution in [-0.4, -0.2) is 19.7 Å². The highest BCUT2D eigenvalue weighted by Crippen LogP contribution is 2.29. The molecule has 4 rings (SSSR count). The predicted octanol–water partition coefficient (Wildman–Crippen LogP) is 5.36. The number of hydrogen-bond acceptors (Lipinski definition) is 6. The highest BCUT2D eigenvalue weighted by molar-refractivity contribution is 7.98. The summed E-state index contributed by atoms with van der Waals surface area (Å²) >= 11 is 3.33. The minimum Gasteiger partial charge on any atom is -0.461 e. The monoisotopic (exact) mass is 382 g/mol. The molecule has 0 radical (unpaired) electrons. The van der Waals surface area contributed by atoms with E-state index < -0.39 is 0 Å². The van der Waals surface area contributed by atoms with E-state index in [-0.39, 0.29) is 0 Å². The van der Waals surface area contributed by atoms with Gasteiger partial charge in [0.05, 0.1) is 12.0 Å². The van der Waals surface area contributed by atoms with E-state index in [0.29, 0.717) is 0 Å². The Kier molecular flexibility index (Phi) is 5.17. The van der Waals surface area contributed by atoms with Crippen molar-refractivity contribution < 1.29 is 4.42 Å². The van der Waals surface area contributed by atoms with Crippen molar-refractivity contribution >= 4 is 23.1 Å². The fourth-order valence-corrected chi connectivity index (χ4v) is 4.42. The highest BCUT2D eigenvalue weighted by Gasteiger charge is 2.16. The van der Waals surface area contributed by atoms with Crippen LogP contribution in [0.3, 0.4) is 0 Å². The maximum absolute atomic E-state index is 5.49. The van der Waals surface area contributed by atoms with Gasteiger partial charge in [-0.2, -0.15) is 0 Å². The molecule has 0 unspecified atom stereocenters. The van der Waals surface area contributed by atoms with E-state index in [1.165, 1.54) is 0 Å². The topological polar surface area (TPSA) is 56.7 Å². The maximum atomic E-state index is 5.49. The van der Waals surface area contributed by atoms with Crippen LogP contribution in [-0.2, 0) is 12.3 Å². The minimum atomic E-state index is 0.748. The van der Waals surface area contributed by atoms with Crippen LogP contribution in [0, 0.1) is 0 Å². The van der Waals surface area contributed by atoms with Crippen molar-refractivity contribution in [2.75, 3.05) is 0 Å². The summed E-state index contributed by atoms with van der Waals surface area (Å²) in [5.74, 6) is 2.30. The van der Waals surface area contributed by atoms with Gasteiger partial charge >= 0.3 is 0 Å².